The maximum absolute atomic E-state index is 7.64. The fourth-order valence-electron chi connectivity index (χ4n) is 0.970. The Labute approximate surface area is 67.5 Å². The highest BCUT2D eigenvalue weighted by Crippen LogP contribution is 2.12. The third-order valence-electron chi connectivity index (χ3n) is 1.47. The lowest BCUT2D eigenvalue weighted by atomic mass is 10.2. The van der Waals surface area contributed by atoms with E-state index in [0.717, 1.165) is 0 Å². The Kier molecular flexibility index (Phi) is 0.881. The number of nitrogens with two attached hydrogens (primary N) is 1. The van der Waals surface area contributed by atoms with Crippen molar-refractivity contribution in [1.82, 2.24) is 4.98 Å². The molecular weight excluding hydrogens is 136 g/mol. The largest absolute Gasteiger partial charge is 0.397 e. The molecule has 2 N–H and O–H groups in total. The summed E-state index contributed by atoms with van der Waals surface area (Å²) in [7, 11) is 0. The number of benzene rings is 1. The van der Waals surface area contributed by atoms with Crippen molar-refractivity contribution in [2.24, 2.45) is 0 Å². The van der Waals surface area contributed by atoms with Gasteiger partial charge in [-0.05, 0) is 12.1 Å². The summed E-state index contributed by atoms with van der Waals surface area (Å²) in [5, 5.41) is 0.691. The number of aromatic nitrogens is 1. The quantitative estimate of drug-likeness (QED) is 0.615. The van der Waals surface area contributed by atoms with Gasteiger partial charge >= 0.3 is 0 Å². The molecule has 0 amide bonds. The molecule has 1 aromatic heterocycles. The number of nitrogens with zero attached hydrogens (tertiary/aromatic N) is 1. The summed E-state index contributed by atoms with van der Waals surface area (Å²) in [6.07, 6.45) is -0.0244. The smallest absolute Gasteiger partial charge is 0.0862 e. The summed E-state index contributed by atoms with van der Waals surface area (Å²) < 4.78 is 15.0. The molecule has 0 saturated carbocycles. The minimum absolute atomic E-state index is 0.0244. The third-order valence-corrected chi connectivity index (χ3v) is 1.47. The molecule has 0 aliphatic heterocycles. The van der Waals surface area contributed by atoms with Crippen LogP contribution in [0, 0.1) is 0 Å². The Bertz CT molecular complexity index is 468. The van der Waals surface area contributed by atoms with Gasteiger partial charge < -0.3 is 5.73 Å². The summed E-state index contributed by atoms with van der Waals surface area (Å²) in [5.74, 6) is 0. The third kappa shape index (κ3) is 1.03. The standard InChI is InChI=1S/C9H8N2/c10-8-5-7-3-1-2-4-9(7)11-6-8/h1-6H,10H2/i5D,6D. The number of nitrogen functional groups attached to an aromatic ring is 1. The van der Waals surface area contributed by atoms with Gasteiger partial charge in [0.1, 0.15) is 0 Å². The minimum Gasteiger partial charge on any atom is -0.397 e. The van der Waals surface area contributed by atoms with E-state index in [4.69, 9.17) is 8.48 Å². The molecular formula is C9H8N2. The molecule has 0 fully saturated rings. The fraction of sp³-hybridized carbons (Fsp3) is 0. The average molecular weight is 146 g/mol. The molecule has 54 valence electrons. The van der Waals surface area contributed by atoms with E-state index in [-0.39, 0.29) is 17.9 Å². The van der Waals surface area contributed by atoms with Crippen LogP contribution in [0.3, 0.4) is 0 Å². The second-order valence-corrected chi connectivity index (χ2v) is 2.28. The Morgan fingerprint density at radius 1 is 1.36 bits per heavy atom. The first-order valence-electron chi connectivity index (χ1n) is 4.31. The van der Waals surface area contributed by atoms with Crippen LogP contribution in [0.25, 0.3) is 10.9 Å². The maximum atomic E-state index is 7.64. The van der Waals surface area contributed by atoms with Crippen LogP contribution in [0.15, 0.2) is 36.5 Å². The highest BCUT2D eigenvalue weighted by molar-refractivity contribution is 5.80. The van der Waals surface area contributed by atoms with Gasteiger partial charge in [-0.25, -0.2) is 0 Å². The first-order valence-corrected chi connectivity index (χ1v) is 3.31. The number of rotatable bonds is 0. The molecule has 0 aliphatic carbocycles. The highest BCUT2D eigenvalue weighted by atomic mass is 14.7. The summed E-state index contributed by atoms with van der Waals surface area (Å²) in [6.45, 7) is 0. The molecule has 2 aromatic rings. The summed E-state index contributed by atoms with van der Waals surface area (Å²) in [4.78, 5) is 3.96. The zero-order valence-corrected chi connectivity index (χ0v) is 5.83. The van der Waals surface area contributed by atoms with Crippen LogP contribution in [0.5, 0.6) is 0 Å². The molecule has 0 unspecified atom stereocenters. The fourth-order valence-corrected chi connectivity index (χ4v) is 0.970. The van der Waals surface area contributed by atoms with Gasteiger partial charge in [0.2, 0.25) is 0 Å². The molecule has 11 heavy (non-hydrogen) atoms. The first-order chi connectivity index (χ1) is 6.20. The van der Waals surface area contributed by atoms with Gasteiger partial charge in [0, 0.05) is 5.39 Å². The lowest BCUT2D eigenvalue weighted by molar-refractivity contribution is 1.41. The lowest BCUT2D eigenvalue weighted by Gasteiger charge is -1.95. The van der Waals surface area contributed by atoms with Crippen LogP contribution < -0.4 is 5.73 Å². The number of para-hydroxylation sites is 1. The van der Waals surface area contributed by atoms with Crippen LogP contribution >= 0.6 is 0 Å². The van der Waals surface area contributed by atoms with E-state index < -0.39 is 0 Å². The molecule has 1 aromatic carbocycles. The molecule has 2 nitrogen and oxygen atoms in total. The molecule has 0 bridgehead atoms. The van der Waals surface area contributed by atoms with Crippen molar-refractivity contribution in [1.29, 1.82) is 0 Å². The molecule has 0 radical (unpaired) electrons. The Morgan fingerprint density at radius 3 is 3.09 bits per heavy atom. The van der Waals surface area contributed by atoms with Crippen LogP contribution in [-0.4, -0.2) is 4.98 Å². The second kappa shape index (κ2) is 2.23. The van der Waals surface area contributed by atoms with E-state index in [1.165, 1.54) is 0 Å². The number of pyridine rings is 1. The lowest BCUT2D eigenvalue weighted by Crippen LogP contribution is -1.85. The molecule has 0 atom stereocenters. The average Bonchev–Trinajstić information content (AvgIpc) is 2.15. The normalized spacial score (nSPS) is 12.7. The van der Waals surface area contributed by atoms with Crippen molar-refractivity contribution in [2.45, 2.75) is 0 Å². The first kappa shape index (κ1) is 4.34. The van der Waals surface area contributed by atoms with E-state index in [0.29, 0.717) is 10.9 Å². The maximum Gasteiger partial charge on any atom is 0.0862 e. The van der Waals surface area contributed by atoms with Crippen LogP contribution in [0.4, 0.5) is 5.69 Å². The van der Waals surface area contributed by atoms with Crippen molar-refractivity contribution in [2.75, 3.05) is 5.73 Å². The highest BCUT2D eigenvalue weighted by Gasteiger charge is 1.91. The Hall–Kier alpha value is -1.57. The predicted molar refractivity (Wildman–Crippen MR) is 46.2 cm³/mol. The van der Waals surface area contributed by atoms with E-state index >= 15 is 0 Å². The number of fused-ring (bicyclic) bond motifs is 1. The van der Waals surface area contributed by atoms with Crippen molar-refractivity contribution in [3.8, 4) is 0 Å². The molecule has 0 aliphatic rings. The van der Waals surface area contributed by atoms with Gasteiger partial charge in [-0.1, -0.05) is 18.2 Å². The summed E-state index contributed by atoms with van der Waals surface area (Å²) in [5.41, 5.74) is 6.29. The second-order valence-electron chi connectivity index (χ2n) is 2.28. The molecule has 0 saturated heterocycles. The number of hydrogen-bond acceptors (Lipinski definition) is 2. The summed E-state index contributed by atoms with van der Waals surface area (Å²) >= 11 is 0. The van der Waals surface area contributed by atoms with E-state index in [2.05, 4.69) is 4.98 Å². The van der Waals surface area contributed by atoms with Crippen molar-refractivity contribution < 1.29 is 2.74 Å². The zero-order valence-electron chi connectivity index (χ0n) is 7.83. The number of hydrogen-bond donors (Lipinski definition) is 1. The van der Waals surface area contributed by atoms with Crippen molar-refractivity contribution >= 4 is 16.6 Å². The van der Waals surface area contributed by atoms with Crippen LogP contribution in [0.2, 0.25) is 0 Å². The molecule has 0 spiro atoms. The van der Waals surface area contributed by atoms with Gasteiger partial charge in [-0.3, -0.25) is 4.98 Å². The van der Waals surface area contributed by atoms with Gasteiger partial charge in [0.15, 0.2) is 0 Å². The number of anilines is 1. The minimum atomic E-state index is -0.0244. The van der Waals surface area contributed by atoms with Crippen molar-refractivity contribution in [3.63, 3.8) is 0 Å². The van der Waals surface area contributed by atoms with Crippen molar-refractivity contribution in [3.05, 3.63) is 36.5 Å². The summed E-state index contributed by atoms with van der Waals surface area (Å²) in [6, 6.07) is 7.39. The van der Waals surface area contributed by atoms with E-state index in [1.807, 2.05) is 12.1 Å². The topological polar surface area (TPSA) is 38.9 Å². The van der Waals surface area contributed by atoms with E-state index in [1.54, 1.807) is 12.1 Å². The zero-order chi connectivity index (χ0) is 9.42. The van der Waals surface area contributed by atoms with Gasteiger partial charge in [-0.2, -0.15) is 0 Å². The van der Waals surface area contributed by atoms with Gasteiger partial charge in [0.25, 0.3) is 0 Å². The monoisotopic (exact) mass is 146 g/mol. The SMILES string of the molecule is [2H]c1nc2ccccc2c([2H])c1N. The van der Waals surface area contributed by atoms with Gasteiger partial charge in [-0.15, -0.1) is 0 Å². The molecule has 2 rings (SSSR count). The Balaban J connectivity index is 2.94. The van der Waals surface area contributed by atoms with E-state index in [9.17, 15) is 0 Å². The van der Waals surface area contributed by atoms with Crippen LogP contribution in [-0.2, 0) is 0 Å². The van der Waals surface area contributed by atoms with Gasteiger partial charge in [0.05, 0.1) is 20.1 Å². The Morgan fingerprint density at radius 2 is 2.18 bits per heavy atom. The predicted octanol–water partition coefficient (Wildman–Crippen LogP) is 1.82. The molecule has 2 heteroatoms. The molecule has 1 heterocycles. The van der Waals surface area contributed by atoms with Crippen LogP contribution in [0.1, 0.15) is 2.74 Å².